The van der Waals surface area contributed by atoms with E-state index in [0.717, 1.165) is 11.1 Å². The number of benzene rings is 1. The molecular weight excluding hydrogens is 272 g/mol. The zero-order chi connectivity index (χ0) is 12.1. The molecule has 0 heterocycles. The van der Waals surface area contributed by atoms with Crippen molar-refractivity contribution in [1.29, 1.82) is 0 Å². The second-order valence-corrected chi connectivity index (χ2v) is 4.34. The highest BCUT2D eigenvalue weighted by Crippen LogP contribution is 2.30. The van der Waals surface area contributed by atoms with Crippen molar-refractivity contribution >= 4 is 21.7 Å². The summed E-state index contributed by atoms with van der Waals surface area (Å²) >= 11 is 3.31. The molecule has 4 heteroatoms. The van der Waals surface area contributed by atoms with Gasteiger partial charge in [-0.25, -0.2) is 0 Å². The van der Waals surface area contributed by atoms with Crippen LogP contribution in [0, 0.1) is 0 Å². The van der Waals surface area contributed by atoms with Gasteiger partial charge in [-0.2, -0.15) is 0 Å². The molecule has 0 aliphatic rings. The Morgan fingerprint density at radius 3 is 2.75 bits per heavy atom. The molecule has 1 unspecified atom stereocenters. The Bertz CT molecular complexity index is 377. The van der Waals surface area contributed by atoms with Crippen LogP contribution in [0.1, 0.15) is 29.8 Å². The van der Waals surface area contributed by atoms with Crippen molar-refractivity contribution in [2.45, 2.75) is 25.3 Å². The molecule has 3 nitrogen and oxygen atoms in total. The van der Waals surface area contributed by atoms with Gasteiger partial charge in [0.1, 0.15) is 11.5 Å². The lowest BCUT2D eigenvalue weighted by molar-refractivity contribution is -0.116. The fourth-order valence-corrected chi connectivity index (χ4v) is 1.85. The van der Waals surface area contributed by atoms with Crippen LogP contribution in [0.3, 0.4) is 0 Å². The lowest BCUT2D eigenvalue weighted by Gasteiger charge is -2.13. The number of alkyl halides is 1. The third kappa shape index (κ3) is 3.06. The molecule has 0 aliphatic heterocycles. The van der Waals surface area contributed by atoms with Gasteiger partial charge in [0.05, 0.1) is 18.0 Å². The van der Waals surface area contributed by atoms with E-state index in [4.69, 9.17) is 4.74 Å². The summed E-state index contributed by atoms with van der Waals surface area (Å²) in [6.07, 6.45) is 0. The molecule has 0 saturated heterocycles. The predicted molar refractivity (Wildman–Crippen MR) is 65.9 cm³/mol. The van der Waals surface area contributed by atoms with Crippen LogP contribution in [-0.2, 0) is 11.4 Å². The molecule has 0 amide bonds. The van der Waals surface area contributed by atoms with Gasteiger partial charge in [0.25, 0.3) is 0 Å². The van der Waals surface area contributed by atoms with Crippen LogP contribution < -0.4 is 4.74 Å². The van der Waals surface area contributed by atoms with Crippen molar-refractivity contribution in [3.63, 3.8) is 0 Å². The number of rotatable bonds is 5. The Labute approximate surface area is 104 Å². The number of hydrogen-bond donors (Lipinski definition) is 1. The third-order valence-corrected chi connectivity index (χ3v) is 3.37. The van der Waals surface area contributed by atoms with Gasteiger partial charge in [-0.05, 0) is 37.1 Å². The minimum atomic E-state index is -0.393. The molecule has 0 aliphatic carbocycles. The van der Waals surface area contributed by atoms with Crippen LogP contribution in [0.15, 0.2) is 18.2 Å². The van der Waals surface area contributed by atoms with E-state index < -0.39 is 4.83 Å². The van der Waals surface area contributed by atoms with E-state index in [1.165, 1.54) is 6.92 Å². The van der Waals surface area contributed by atoms with Gasteiger partial charge in [-0.3, -0.25) is 4.79 Å². The highest BCUT2D eigenvalue weighted by molar-refractivity contribution is 9.09. The number of ketones is 1. The smallest absolute Gasteiger partial charge is 0.147 e. The van der Waals surface area contributed by atoms with Crippen molar-refractivity contribution in [3.8, 4) is 5.75 Å². The number of hydrogen-bond acceptors (Lipinski definition) is 3. The normalized spacial score (nSPS) is 12.2. The number of halogens is 1. The molecule has 88 valence electrons. The second-order valence-electron chi connectivity index (χ2n) is 3.42. The summed E-state index contributed by atoms with van der Waals surface area (Å²) in [7, 11) is 0. The van der Waals surface area contributed by atoms with Crippen LogP contribution in [0.5, 0.6) is 5.75 Å². The topological polar surface area (TPSA) is 46.5 Å². The maximum atomic E-state index is 11.3. The molecule has 0 spiro atoms. The fraction of sp³-hybridized carbons (Fsp3) is 0.417. The summed E-state index contributed by atoms with van der Waals surface area (Å²) < 4.78 is 5.36. The van der Waals surface area contributed by atoms with Crippen LogP contribution in [-0.4, -0.2) is 17.5 Å². The van der Waals surface area contributed by atoms with E-state index in [-0.39, 0.29) is 12.4 Å². The predicted octanol–water partition coefficient (Wildman–Crippen LogP) is 2.60. The molecular formula is C12H15BrO3. The Morgan fingerprint density at radius 2 is 2.25 bits per heavy atom. The van der Waals surface area contributed by atoms with Crippen molar-refractivity contribution < 1.29 is 14.6 Å². The van der Waals surface area contributed by atoms with Gasteiger partial charge in [0, 0.05) is 0 Å². The summed E-state index contributed by atoms with van der Waals surface area (Å²) in [6, 6.07) is 5.35. The SMILES string of the molecule is CCOc1ccc(CO)c(C(Br)C(C)=O)c1. The Morgan fingerprint density at radius 1 is 1.56 bits per heavy atom. The molecule has 1 rings (SSSR count). The monoisotopic (exact) mass is 286 g/mol. The summed E-state index contributed by atoms with van der Waals surface area (Å²) in [5, 5.41) is 9.20. The van der Waals surface area contributed by atoms with E-state index >= 15 is 0 Å². The summed E-state index contributed by atoms with van der Waals surface area (Å²) in [6.45, 7) is 3.90. The summed E-state index contributed by atoms with van der Waals surface area (Å²) in [5.41, 5.74) is 1.50. The zero-order valence-electron chi connectivity index (χ0n) is 9.37. The van der Waals surface area contributed by atoms with Crippen molar-refractivity contribution in [2.24, 2.45) is 0 Å². The first-order chi connectivity index (χ1) is 7.60. The van der Waals surface area contributed by atoms with Gasteiger partial charge < -0.3 is 9.84 Å². The van der Waals surface area contributed by atoms with Gasteiger partial charge in [0.2, 0.25) is 0 Å². The zero-order valence-corrected chi connectivity index (χ0v) is 11.0. The van der Waals surface area contributed by atoms with Crippen LogP contribution >= 0.6 is 15.9 Å². The summed E-state index contributed by atoms with van der Waals surface area (Å²) in [4.78, 5) is 10.9. The van der Waals surface area contributed by atoms with E-state index in [1.807, 2.05) is 6.92 Å². The molecule has 0 bridgehead atoms. The van der Waals surface area contributed by atoms with E-state index in [0.29, 0.717) is 12.4 Å². The number of carbonyl (C=O) groups excluding carboxylic acids is 1. The van der Waals surface area contributed by atoms with Crippen molar-refractivity contribution in [3.05, 3.63) is 29.3 Å². The number of Topliss-reactive ketones (excluding diaryl/α,β-unsaturated/α-hetero) is 1. The quantitative estimate of drug-likeness (QED) is 0.847. The van der Waals surface area contributed by atoms with Crippen LogP contribution in [0.4, 0.5) is 0 Å². The number of aliphatic hydroxyl groups is 1. The minimum Gasteiger partial charge on any atom is -0.494 e. The first kappa shape index (κ1) is 13.2. The van der Waals surface area contributed by atoms with E-state index in [9.17, 15) is 9.90 Å². The first-order valence-corrected chi connectivity index (χ1v) is 6.02. The standard InChI is InChI=1S/C12H15BrO3/c1-3-16-10-5-4-9(7-14)11(6-10)12(13)8(2)15/h4-6,12,14H,3,7H2,1-2H3. The maximum absolute atomic E-state index is 11.3. The molecule has 0 fully saturated rings. The number of aliphatic hydroxyl groups excluding tert-OH is 1. The lowest BCUT2D eigenvalue weighted by Crippen LogP contribution is -2.05. The van der Waals surface area contributed by atoms with Crippen molar-refractivity contribution in [2.75, 3.05) is 6.61 Å². The minimum absolute atomic E-state index is 0.00310. The molecule has 1 aromatic rings. The number of carbonyl (C=O) groups is 1. The second kappa shape index (κ2) is 6.01. The molecule has 1 aromatic carbocycles. The maximum Gasteiger partial charge on any atom is 0.147 e. The molecule has 1 atom stereocenters. The average Bonchev–Trinajstić information content (AvgIpc) is 2.28. The third-order valence-electron chi connectivity index (χ3n) is 2.23. The molecule has 0 aromatic heterocycles. The molecule has 16 heavy (non-hydrogen) atoms. The van der Waals surface area contributed by atoms with Gasteiger partial charge >= 0.3 is 0 Å². The number of ether oxygens (including phenoxy) is 1. The molecule has 0 saturated carbocycles. The van der Waals surface area contributed by atoms with Crippen LogP contribution in [0.2, 0.25) is 0 Å². The first-order valence-electron chi connectivity index (χ1n) is 5.11. The van der Waals surface area contributed by atoms with Crippen LogP contribution in [0.25, 0.3) is 0 Å². The highest BCUT2D eigenvalue weighted by atomic mass is 79.9. The largest absolute Gasteiger partial charge is 0.494 e. The highest BCUT2D eigenvalue weighted by Gasteiger charge is 2.17. The molecule has 0 radical (unpaired) electrons. The van der Waals surface area contributed by atoms with Gasteiger partial charge in [-0.1, -0.05) is 22.0 Å². The average molecular weight is 287 g/mol. The summed E-state index contributed by atoms with van der Waals surface area (Å²) in [5.74, 6) is 0.712. The van der Waals surface area contributed by atoms with Gasteiger partial charge in [0.15, 0.2) is 0 Å². The van der Waals surface area contributed by atoms with E-state index in [2.05, 4.69) is 15.9 Å². The van der Waals surface area contributed by atoms with Crippen molar-refractivity contribution in [1.82, 2.24) is 0 Å². The Kier molecular flexibility index (Phi) is 4.96. The Balaban J connectivity index is 3.11. The molecule has 1 N–H and O–H groups in total. The van der Waals surface area contributed by atoms with E-state index in [1.54, 1.807) is 18.2 Å². The lowest BCUT2D eigenvalue weighted by atomic mass is 10.0. The fourth-order valence-electron chi connectivity index (χ4n) is 1.43. The van der Waals surface area contributed by atoms with Gasteiger partial charge in [-0.15, -0.1) is 0 Å². The Hall–Kier alpha value is -0.870.